The van der Waals surface area contributed by atoms with Crippen molar-refractivity contribution in [3.05, 3.63) is 23.2 Å². The Bertz CT molecular complexity index is 286. The summed E-state index contributed by atoms with van der Waals surface area (Å²) in [6, 6.07) is 2.10. The Hall–Kier alpha value is -0.760. The molecule has 1 aromatic heterocycles. The highest BCUT2D eigenvalue weighted by molar-refractivity contribution is 5.21. The summed E-state index contributed by atoms with van der Waals surface area (Å²) in [5, 5.41) is 0. The minimum absolute atomic E-state index is 0.168. The molecule has 0 fully saturated rings. The smallest absolute Gasteiger partial charge is 0.104 e. The molecule has 0 saturated carbocycles. The maximum absolute atomic E-state index is 5.68. The lowest BCUT2D eigenvalue weighted by atomic mass is 9.86. The number of hydrogen-bond donors (Lipinski definition) is 1. The first-order chi connectivity index (χ1) is 5.94. The van der Waals surface area contributed by atoms with Gasteiger partial charge >= 0.3 is 0 Å². The molecule has 0 atom stereocenters. The van der Waals surface area contributed by atoms with E-state index >= 15 is 0 Å². The molecule has 0 saturated heterocycles. The van der Waals surface area contributed by atoms with Crippen LogP contribution in [0.15, 0.2) is 10.5 Å². The van der Waals surface area contributed by atoms with Gasteiger partial charge in [-0.15, -0.1) is 0 Å². The van der Waals surface area contributed by atoms with E-state index < -0.39 is 0 Å². The molecule has 74 valence electrons. The Kier molecular flexibility index (Phi) is 2.81. The number of furan rings is 1. The van der Waals surface area contributed by atoms with Gasteiger partial charge in [-0.05, 0) is 43.9 Å². The van der Waals surface area contributed by atoms with Crippen LogP contribution >= 0.6 is 0 Å². The molecule has 0 amide bonds. The van der Waals surface area contributed by atoms with Crippen molar-refractivity contribution in [3.63, 3.8) is 0 Å². The molecule has 1 rings (SSSR count). The van der Waals surface area contributed by atoms with Crippen molar-refractivity contribution in [2.45, 2.75) is 34.1 Å². The first-order valence-corrected chi connectivity index (χ1v) is 4.70. The van der Waals surface area contributed by atoms with Gasteiger partial charge in [0, 0.05) is 0 Å². The predicted molar refractivity (Wildman–Crippen MR) is 54.7 cm³/mol. The number of aryl methyl sites for hydroxylation is 2. The highest BCUT2D eigenvalue weighted by atomic mass is 16.3. The fourth-order valence-corrected chi connectivity index (χ4v) is 1.45. The predicted octanol–water partition coefficient (Wildman–Crippen LogP) is 2.42. The van der Waals surface area contributed by atoms with Crippen molar-refractivity contribution in [1.82, 2.24) is 0 Å². The summed E-state index contributed by atoms with van der Waals surface area (Å²) >= 11 is 0. The highest BCUT2D eigenvalue weighted by Gasteiger charge is 2.18. The monoisotopic (exact) mass is 181 g/mol. The maximum Gasteiger partial charge on any atom is 0.104 e. The molecule has 0 unspecified atom stereocenters. The van der Waals surface area contributed by atoms with Crippen molar-refractivity contribution in [3.8, 4) is 0 Å². The average Bonchev–Trinajstić information content (AvgIpc) is 2.30. The van der Waals surface area contributed by atoms with E-state index in [9.17, 15) is 0 Å². The molecule has 0 aliphatic heterocycles. The normalized spacial score (nSPS) is 12.1. The Morgan fingerprint density at radius 3 is 2.38 bits per heavy atom. The minimum atomic E-state index is 0.168. The molecule has 13 heavy (non-hydrogen) atoms. The Morgan fingerprint density at radius 1 is 1.38 bits per heavy atom. The van der Waals surface area contributed by atoms with Crippen LogP contribution in [0.5, 0.6) is 0 Å². The zero-order valence-electron chi connectivity index (χ0n) is 8.98. The van der Waals surface area contributed by atoms with E-state index in [1.165, 1.54) is 5.56 Å². The van der Waals surface area contributed by atoms with E-state index in [-0.39, 0.29) is 5.41 Å². The summed E-state index contributed by atoms with van der Waals surface area (Å²) < 4.78 is 5.46. The second-order valence-electron chi connectivity index (χ2n) is 4.48. The summed E-state index contributed by atoms with van der Waals surface area (Å²) in [6.07, 6.45) is 0.993. The molecule has 2 N–H and O–H groups in total. The Morgan fingerprint density at radius 2 is 2.00 bits per heavy atom. The van der Waals surface area contributed by atoms with Gasteiger partial charge in [-0.1, -0.05) is 13.8 Å². The summed E-state index contributed by atoms with van der Waals surface area (Å²) in [5.74, 6) is 2.01. The van der Waals surface area contributed by atoms with Gasteiger partial charge < -0.3 is 10.2 Å². The lowest BCUT2D eigenvalue weighted by molar-refractivity contribution is 0.372. The average molecular weight is 181 g/mol. The number of rotatable bonds is 3. The van der Waals surface area contributed by atoms with Crippen LogP contribution in [-0.4, -0.2) is 6.54 Å². The quantitative estimate of drug-likeness (QED) is 0.777. The van der Waals surface area contributed by atoms with Crippen molar-refractivity contribution < 1.29 is 4.42 Å². The lowest BCUT2D eigenvalue weighted by Gasteiger charge is -2.21. The number of nitrogens with two attached hydrogens (primary N) is 1. The maximum atomic E-state index is 5.68. The van der Waals surface area contributed by atoms with Gasteiger partial charge in [0.15, 0.2) is 0 Å². The molecule has 1 aromatic rings. The summed E-state index contributed by atoms with van der Waals surface area (Å²) in [6.45, 7) is 9.04. The van der Waals surface area contributed by atoms with Crippen molar-refractivity contribution in [2.75, 3.05) is 6.54 Å². The zero-order chi connectivity index (χ0) is 10.1. The van der Waals surface area contributed by atoms with E-state index in [4.69, 9.17) is 10.2 Å². The van der Waals surface area contributed by atoms with E-state index in [1.807, 2.05) is 13.8 Å². The van der Waals surface area contributed by atoms with E-state index in [0.29, 0.717) is 6.54 Å². The van der Waals surface area contributed by atoms with Gasteiger partial charge in [0.05, 0.1) is 0 Å². The molecule has 2 heteroatoms. The molecule has 1 heterocycles. The molecule has 0 radical (unpaired) electrons. The first-order valence-electron chi connectivity index (χ1n) is 4.70. The summed E-state index contributed by atoms with van der Waals surface area (Å²) in [7, 11) is 0. The van der Waals surface area contributed by atoms with Crippen LogP contribution in [0.1, 0.15) is 30.9 Å². The summed E-state index contributed by atoms with van der Waals surface area (Å²) in [5.41, 5.74) is 7.13. The Labute approximate surface area is 80.1 Å². The van der Waals surface area contributed by atoms with Gasteiger partial charge in [-0.2, -0.15) is 0 Å². The molecule has 0 aromatic carbocycles. The molecule has 0 aliphatic rings. The van der Waals surface area contributed by atoms with Crippen LogP contribution in [0.2, 0.25) is 0 Å². The van der Waals surface area contributed by atoms with Crippen molar-refractivity contribution >= 4 is 0 Å². The van der Waals surface area contributed by atoms with E-state index in [1.54, 1.807) is 0 Å². The topological polar surface area (TPSA) is 39.2 Å². The third-order valence-electron chi connectivity index (χ3n) is 2.37. The van der Waals surface area contributed by atoms with Gasteiger partial charge in [0.2, 0.25) is 0 Å². The van der Waals surface area contributed by atoms with Gasteiger partial charge in [0.25, 0.3) is 0 Å². The molecule has 0 spiro atoms. The van der Waals surface area contributed by atoms with Crippen molar-refractivity contribution in [2.24, 2.45) is 11.1 Å². The summed E-state index contributed by atoms with van der Waals surface area (Å²) in [4.78, 5) is 0. The minimum Gasteiger partial charge on any atom is -0.466 e. The van der Waals surface area contributed by atoms with Crippen molar-refractivity contribution in [1.29, 1.82) is 0 Å². The molecule has 2 nitrogen and oxygen atoms in total. The van der Waals surface area contributed by atoms with Crippen LogP contribution in [-0.2, 0) is 6.42 Å². The molecule has 0 aliphatic carbocycles. The fraction of sp³-hybridized carbons (Fsp3) is 0.636. The van der Waals surface area contributed by atoms with Crippen LogP contribution in [0.25, 0.3) is 0 Å². The third-order valence-corrected chi connectivity index (χ3v) is 2.37. The standard InChI is InChI=1S/C11H19NO/c1-8-5-10(9(2)13-8)6-11(3,4)7-12/h5H,6-7,12H2,1-4H3. The SMILES string of the molecule is Cc1cc(CC(C)(C)CN)c(C)o1. The fourth-order valence-electron chi connectivity index (χ4n) is 1.45. The van der Waals surface area contributed by atoms with Gasteiger partial charge in [-0.25, -0.2) is 0 Å². The second-order valence-corrected chi connectivity index (χ2v) is 4.48. The second kappa shape index (κ2) is 3.54. The van der Waals surface area contributed by atoms with Crippen LogP contribution in [0.4, 0.5) is 0 Å². The molecular weight excluding hydrogens is 162 g/mol. The Balaban J connectivity index is 2.79. The molecular formula is C11H19NO. The zero-order valence-corrected chi connectivity index (χ0v) is 8.98. The third kappa shape index (κ3) is 2.59. The molecule has 0 bridgehead atoms. The highest BCUT2D eigenvalue weighted by Crippen LogP contribution is 2.24. The lowest BCUT2D eigenvalue weighted by Crippen LogP contribution is -2.25. The van der Waals surface area contributed by atoms with Crippen LogP contribution < -0.4 is 5.73 Å². The first kappa shape index (κ1) is 10.3. The van der Waals surface area contributed by atoms with Gasteiger partial charge in [0.1, 0.15) is 11.5 Å². The van der Waals surface area contributed by atoms with Crippen LogP contribution in [0.3, 0.4) is 0 Å². The van der Waals surface area contributed by atoms with Crippen LogP contribution in [0, 0.1) is 19.3 Å². The van der Waals surface area contributed by atoms with Gasteiger partial charge in [-0.3, -0.25) is 0 Å². The van der Waals surface area contributed by atoms with E-state index in [2.05, 4.69) is 19.9 Å². The largest absolute Gasteiger partial charge is 0.466 e. The van der Waals surface area contributed by atoms with E-state index in [0.717, 1.165) is 17.9 Å². The number of hydrogen-bond acceptors (Lipinski definition) is 2.